The van der Waals surface area contributed by atoms with Crippen molar-refractivity contribution in [2.75, 3.05) is 31.6 Å². The van der Waals surface area contributed by atoms with Gasteiger partial charge in [-0.3, -0.25) is 4.79 Å². The van der Waals surface area contributed by atoms with Crippen LogP contribution >= 0.6 is 11.6 Å². The molecular weight excluding hydrogens is 392 g/mol. The zero-order valence-corrected chi connectivity index (χ0v) is 16.9. The number of carbonyl (C=O) groups excluding carboxylic acids is 1. The molecule has 0 atom stereocenters. The van der Waals surface area contributed by atoms with Gasteiger partial charge in [0, 0.05) is 25.6 Å². The zero-order valence-electron chi connectivity index (χ0n) is 16.2. The van der Waals surface area contributed by atoms with Gasteiger partial charge in [-0.2, -0.15) is 9.97 Å². The molecule has 1 aliphatic heterocycles. The van der Waals surface area contributed by atoms with Crippen LogP contribution in [0.3, 0.4) is 0 Å². The topological polar surface area (TPSA) is 96.0 Å². The number of benzene rings is 1. The van der Waals surface area contributed by atoms with E-state index in [1.165, 1.54) is 5.56 Å². The van der Waals surface area contributed by atoms with Gasteiger partial charge in [0.1, 0.15) is 11.3 Å². The second-order valence-electron chi connectivity index (χ2n) is 7.07. The van der Waals surface area contributed by atoms with E-state index in [0.29, 0.717) is 12.2 Å². The van der Waals surface area contributed by atoms with Crippen LogP contribution in [0.4, 0.5) is 5.82 Å². The molecule has 0 saturated carbocycles. The highest BCUT2D eigenvalue weighted by Crippen LogP contribution is 2.27. The molecule has 4 rings (SSSR count). The van der Waals surface area contributed by atoms with Crippen LogP contribution in [0.15, 0.2) is 30.6 Å². The standard InChI is InChI=1S/C20H23ClN6O2/c1-29-15-4-2-13(3-5-15)6-9-22-19(28)14-7-10-27(11-8-14)18-16-17(24-12-23-16)25-20(21)26-18/h2-5,12,14H,6-11H2,1H3,(H,22,28)(H,23,24,25,26). The molecule has 8 nitrogen and oxygen atoms in total. The Kier molecular flexibility index (Phi) is 5.80. The number of ether oxygens (including phenoxy) is 1. The number of halogens is 1. The van der Waals surface area contributed by atoms with Gasteiger partial charge in [-0.05, 0) is 48.6 Å². The lowest BCUT2D eigenvalue weighted by Gasteiger charge is -2.32. The maximum absolute atomic E-state index is 12.5. The molecule has 152 valence electrons. The number of H-pyrrole nitrogens is 1. The molecule has 0 spiro atoms. The second-order valence-corrected chi connectivity index (χ2v) is 7.41. The molecule has 1 amide bonds. The van der Waals surface area contributed by atoms with Crippen LogP contribution in [0, 0.1) is 5.92 Å². The number of fused-ring (bicyclic) bond motifs is 1. The van der Waals surface area contributed by atoms with E-state index in [4.69, 9.17) is 16.3 Å². The van der Waals surface area contributed by atoms with Crippen LogP contribution < -0.4 is 15.0 Å². The summed E-state index contributed by atoms with van der Waals surface area (Å²) in [5.41, 5.74) is 2.50. The number of piperidine rings is 1. The van der Waals surface area contributed by atoms with Crippen molar-refractivity contribution in [3.63, 3.8) is 0 Å². The Morgan fingerprint density at radius 1 is 1.28 bits per heavy atom. The number of methoxy groups -OCH3 is 1. The van der Waals surface area contributed by atoms with Crippen LogP contribution in [-0.2, 0) is 11.2 Å². The summed E-state index contributed by atoms with van der Waals surface area (Å²) in [6, 6.07) is 7.91. The highest BCUT2D eigenvalue weighted by atomic mass is 35.5. The lowest BCUT2D eigenvalue weighted by molar-refractivity contribution is -0.125. The average Bonchev–Trinajstić information content (AvgIpc) is 3.22. The van der Waals surface area contributed by atoms with Crippen molar-refractivity contribution in [3.05, 3.63) is 41.4 Å². The Morgan fingerprint density at radius 2 is 2.03 bits per heavy atom. The minimum Gasteiger partial charge on any atom is -0.497 e. The van der Waals surface area contributed by atoms with Gasteiger partial charge in [-0.25, -0.2) is 4.98 Å². The number of rotatable bonds is 6. The number of nitrogens with zero attached hydrogens (tertiary/aromatic N) is 4. The molecule has 2 N–H and O–H groups in total. The first-order valence-electron chi connectivity index (χ1n) is 9.66. The molecular formula is C20H23ClN6O2. The zero-order chi connectivity index (χ0) is 20.2. The predicted molar refractivity (Wildman–Crippen MR) is 111 cm³/mol. The molecule has 1 aliphatic rings. The normalized spacial score (nSPS) is 14.9. The predicted octanol–water partition coefficient (Wildman–Crippen LogP) is 2.59. The molecule has 1 fully saturated rings. The van der Waals surface area contributed by atoms with Crippen molar-refractivity contribution in [1.82, 2.24) is 25.3 Å². The maximum atomic E-state index is 12.5. The van der Waals surface area contributed by atoms with Crippen molar-refractivity contribution in [3.8, 4) is 5.75 Å². The Balaban J connectivity index is 1.28. The SMILES string of the molecule is COc1ccc(CCNC(=O)C2CCN(c3nc(Cl)nc4nc[nH]c34)CC2)cc1. The summed E-state index contributed by atoms with van der Waals surface area (Å²) in [6.07, 6.45) is 3.92. The average molecular weight is 415 g/mol. The fraction of sp³-hybridized carbons (Fsp3) is 0.400. The molecule has 2 aromatic heterocycles. The van der Waals surface area contributed by atoms with Crippen molar-refractivity contribution in [1.29, 1.82) is 0 Å². The molecule has 0 aliphatic carbocycles. The van der Waals surface area contributed by atoms with Gasteiger partial charge >= 0.3 is 0 Å². The first-order valence-corrected chi connectivity index (χ1v) is 10.0. The van der Waals surface area contributed by atoms with Gasteiger partial charge in [0.25, 0.3) is 0 Å². The van der Waals surface area contributed by atoms with Crippen molar-refractivity contribution in [2.45, 2.75) is 19.3 Å². The molecule has 1 aromatic carbocycles. The number of hydrogen-bond acceptors (Lipinski definition) is 6. The highest BCUT2D eigenvalue weighted by molar-refractivity contribution is 6.28. The number of aromatic amines is 1. The van der Waals surface area contributed by atoms with Crippen molar-refractivity contribution >= 4 is 34.5 Å². The van der Waals surface area contributed by atoms with E-state index in [2.05, 4.69) is 30.2 Å². The van der Waals surface area contributed by atoms with E-state index in [1.807, 2.05) is 24.3 Å². The summed E-state index contributed by atoms with van der Waals surface area (Å²) in [5.74, 6) is 1.71. The van der Waals surface area contributed by atoms with E-state index in [0.717, 1.165) is 49.4 Å². The molecule has 0 bridgehead atoms. The summed E-state index contributed by atoms with van der Waals surface area (Å²) < 4.78 is 5.16. The summed E-state index contributed by atoms with van der Waals surface area (Å²) in [6.45, 7) is 2.09. The summed E-state index contributed by atoms with van der Waals surface area (Å²) in [7, 11) is 1.65. The Bertz CT molecular complexity index is 982. The van der Waals surface area contributed by atoms with Gasteiger partial charge < -0.3 is 19.9 Å². The molecule has 1 saturated heterocycles. The fourth-order valence-electron chi connectivity index (χ4n) is 3.64. The Morgan fingerprint density at radius 3 is 2.76 bits per heavy atom. The van der Waals surface area contributed by atoms with E-state index in [9.17, 15) is 4.79 Å². The number of aromatic nitrogens is 4. The first-order chi connectivity index (χ1) is 14.1. The maximum Gasteiger partial charge on any atom is 0.226 e. The Hall–Kier alpha value is -2.87. The molecule has 9 heteroatoms. The lowest BCUT2D eigenvalue weighted by Crippen LogP contribution is -2.41. The smallest absolute Gasteiger partial charge is 0.226 e. The number of hydrogen-bond donors (Lipinski definition) is 2. The van der Waals surface area contributed by atoms with Crippen LogP contribution in [-0.4, -0.2) is 52.6 Å². The molecule has 3 aromatic rings. The number of carbonyl (C=O) groups is 1. The third kappa shape index (κ3) is 4.42. The summed E-state index contributed by atoms with van der Waals surface area (Å²) in [4.78, 5) is 30.4. The third-order valence-corrected chi connectivity index (χ3v) is 5.45. The van der Waals surface area contributed by atoms with Crippen LogP contribution in [0.5, 0.6) is 5.75 Å². The van der Waals surface area contributed by atoms with Gasteiger partial charge in [0.15, 0.2) is 11.5 Å². The van der Waals surface area contributed by atoms with E-state index < -0.39 is 0 Å². The monoisotopic (exact) mass is 414 g/mol. The summed E-state index contributed by atoms with van der Waals surface area (Å²) in [5, 5.41) is 3.25. The fourth-order valence-corrected chi connectivity index (χ4v) is 3.80. The number of anilines is 1. The molecule has 29 heavy (non-hydrogen) atoms. The minimum atomic E-state index is 0.0108. The number of amides is 1. The van der Waals surface area contributed by atoms with Crippen LogP contribution in [0.1, 0.15) is 18.4 Å². The quantitative estimate of drug-likeness (QED) is 0.602. The minimum absolute atomic E-state index is 0.0108. The van der Waals surface area contributed by atoms with E-state index >= 15 is 0 Å². The largest absolute Gasteiger partial charge is 0.497 e. The van der Waals surface area contributed by atoms with Crippen LogP contribution in [0.25, 0.3) is 11.2 Å². The Labute approximate surface area is 173 Å². The summed E-state index contributed by atoms with van der Waals surface area (Å²) >= 11 is 6.03. The van der Waals surface area contributed by atoms with Crippen molar-refractivity contribution in [2.24, 2.45) is 5.92 Å². The van der Waals surface area contributed by atoms with E-state index in [1.54, 1.807) is 13.4 Å². The first kappa shape index (κ1) is 19.4. The lowest BCUT2D eigenvalue weighted by atomic mass is 9.95. The van der Waals surface area contributed by atoms with Gasteiger partial charge in [-0.1, -0.05) is 12.1 Å². The van der Waals surface area contributed by atoms with Gasteiger partial charge in [0.05, 0.1) is 13.4 Å². The van der Waals surface area contributed by atoms with Crippen LogP contribution in [0.2, 0.25) is 5.28 Å². The van der Waals surface area contributed by atoms with E-state index in [-0.39, 0.29) is 17.1 Å². The molecule has 0 unspecified atom stereocenters. The van der Waals surface area contributed by atoms with Crippen molar-refractivity contribution < 1.29 is 9.53 Å². The second kappa shape index (κ2) is 8.65. The van der Waals surface area contributed by atoms with Gasteiger partial charge in [0.2, 0.25) is 11.2 Å². The number of nitrogens with one attached hydrogen (secondary N) is 2. The van der Waals surface area contributed by atoms with Gasteiger partial charge in [-0.15, -0.1) is 0 Å². The molecule has 3 heterocycles. The number of imidazole rings is 1. The third-order valence-electron chi connectivity index (χ3n) is 5.28. The molecule has 0 radical (unpaired) electrons. The highest BCUT2D eigenvalue weighted by Gasteiger charge is 2.27.